The van der Waals surface area contributed by atoms with Crippen molar-refractivity contribution in [2.24, 2.45) is 5.92 Å². The van der Waals surface area contributed by atoms with Crippen molar-refractivity contribution in [3.8, 4) is 6.07 Å². The number of amides is 1. The van der Waals surface area contributed by atoms with E-state index in [0.29, 0.717) is 6.42 Å². The van der Waals surface area contributed by atoms with Crippen molar-refractivity contribution in [1.29, 1.82) is 5.26 Å². The number of carbonyl (C=O) groups excluding carboxylic acids is 1. The number of nitrogens with zero attached hydrogens (tertiary/aromatic N) is 1. The molecule has 0 saturated heterocycles. The molecule has 0 unspecified atom stereocenters. The Labute approximate surface area is 139 Å². The fourth-order valence-corrected chi connectivity index (χ4v) is 3.27. The van der Waals surface area contributed by atoms with Crippen molar-refractivity contribution in [2.45, 2.75) is 31.2 Å². The Morgan fingerprint density at radius 1 is 1.32 bits per heavy atom. The Bertz CT molecular complexity index is 651. The maximum absolute atomic E-state index is 12.3. The molecule has 8 heteroatoms. The molecule has 0 aliphatic heterocycles. The fourth-order valence-electron chi connectivity index (χ4n) is 1.80. The predicted molar refractivity (Wildman–Crippen MR) is 86.3 cm³/mol. The first kappa shape index (κ1) is 18.6. The molecule has 1 atom stereocenters. The maximum Gasteiger partial charge on any atom is 0.241 e. The molecular formula is C14H18BrN3O3S. The van der Waals surface area contributed by atoms with Crippen LogP contribution in [0.1, 0.15) is 20.3 Å². The second-order valence-corrected chi connectivity index (χ2v) is 7.76. The van der Waals surface area contributed by atoms with Crippen LogP contribution in [-0.2, 0) is 14.8 Å². The van der Waals surface area contributed by atoms with Gasteiger partial charge in [-0.1, -0.05) is 29.8 Å². The molecule has 22 heavy (non-hydrogen) atoms. The average Bonchev–Trinajstić information content (AvgIpc) is 2.43. The summed E-state index contributed by atoms with van der Waals surface area (Å²) in [6, 6.07) is 7.00. The molecule has 0 heterocycles. The zero-order valence-corrected chi connectivity index (χ0v) is 14.7. The van der Waals surface area contributed by atoms with Gasteiger partial charge < -0.3 is 5.32 Å². The monoisotopic (exact) mass is 387 g/mol. The van der Waals surface area contributed by atoms with Gasteiger partial charge in [0.05, 0.1) is 11.0 Å². The van der Waals surface area contributed by atoms with E-state index >= 15 is 0 Å². The molecule has 0 aliphatic rings. The van der Waals surface area contributed by atoms with Crippen LogP contribution in [0.25, 0.3) is 0 Å². The average molecular weight is 388 g/mol. The fraction of sp³-hybridized carbons (Fsp3) is 0.429. The number of hydrogen-bond acceptors (Lipinski definition) is 4. The van der Waals surface area contributed by atoms with Gasteiger partial charge in [-0.25, -0.2) is 8.42 Å². The highest BCUT2D eigenvalue weighted by molar-refractivity contribution is 9.10. The van der Waals surface area contributed by atoms with Gasteiger partial charge in [0.2, 0.25) is 15.9 Å². The predicted octanol–water partition coefficient (Wildman–Crippen LogP) is 1.78. The lowest BCUT2D eigenvalue weighted by Crippen LogP contribution is -2.47. The van der Waals surface area contributed by atoms with Crippen LogP contribution in [0.2, 0.25) is 0 Å². The second-order valence-electron chi connectivity index (χ2n) is 5.13. The number of carbonyl (C=O) groups is 1. The molecule has 0 bridgehead atoms. The van der Waals surface area contributed by atoms with Crippen molar-refractivity contribution in [3.63, 3.8) is 0 Å². The standard InChI is InChI=1S/C14H18BrN3O3S/c1-10(2)9-13(14(19)17-8-7-16)18-22(20,21)12-5-3-11(15)4-6-12/h3-6,10,13,18H,8-9H2,1-2H3,(H,17,19)/t13-/m0/s1. The van der Waals surface area contributed by atoms with Gasteiger partial charge in [0.1, 0.15) is 12.6 Å². The highest BCUT2D eigenvalue weighted by atomic mass is 79.9. The molecule has 0 spiro atoms. The van der Waals surface area contributed by atoms with Gasteiger partial charge in [-0.15, -0.1) is 0 Å². The van der Waals surface area contributed by atoms with E-state index in [1.165, 1.54) is 12.1 Å². The molecule has 6 nitrogen and oxygen atoms in total. The van der Waals surface area contributed by atoms with Gasteiger partial charge in [-0.05, 0) is 36.6 Å². The number of sulfonamides is 1. The van der Waals surface area contributed by atoms with Crippen LogP contribution in [0.4, 0.5) is 0 Å². The molecule has 1 aromatic rings. The number of nitriles is 1. The minimum absolute atomic E-state index is 0.0811. The third-order valence-electron chi connectivity index (χ3n) is 2.79. The van der Waals surface area contributed by atoms with Crippen molar-refractivity contribution < 1.29 is 13.2 Å². The quantitative estimate of drug-likeness (QED) is 0.696. The summed E-state index contributed by atoms with van der Waals surface area (Å²) in [4.78, 5) is 12.1. The molecule has 1 aromatic carbocycles. The summed E-state index contributed by atoms with van der Waals surface area (Å²) in [5.41, 5.74) is 0. The van der Waals surface area contributed by atoms with Gasteiger partial charge in [0.25, 0.3) is 0 Å². The van der Waals surface area contributed by atoms with Gasteiger partial charge in [-0.3, -0.25) is 4.79 Å². The number of benzene rings is 1. The Balaban J connectivity index is 2.94. The Morgan fingerprint density at radius 2 is 1.91 bits per heavy atom. The minimum atomic E-state index is -3.81. The molecule has 0 aliphatic carbocycles. The normalized spacial score (nSPS) is 12.7. The van der Waals surface area contributed by atoms with Crippen LogP contribution in [0.5, 0.6) is 0 Å². The maximum atomic E-state index is 12.3. The molecule has 0 aromatic heterocycles. The molecule has 1 rings (SSSR count). The summed E-state index contributed by atoms with van der Waals surface area (Å²) in [5, 5.41) is 10.9. The lowest BCUT2D eigenvalue weighted by molar-refractivity contribution is -0.122. The third kappa shape index (κ3) is 5.75. The third-order valence-corrected chi connectivity index (χ3v) is 4.80. The van der Waals surface area contributed by atoms with E-state index in [1.54, 1.807) is 18.2 Å². The summed E-state index contributed by atoms with van der Waals surface area (Å²) >= 11 is 3.24. The van der Waals surface area contributed by atoms with Crippen LogP contribution in [0, 0.1) is 17.2 Å². The Morgan fingerprint density at radius 3 is 2.41 bits per heavy atom. The molecule has 1 amide bonds. The summed E-state index contributed by atoms with van der Waals surface area (Å²) in [6.45, 7) is 3.62. The zero-order chi connectivity index (χ0) is 16.8. The lowest BCUT2D eigenvalue weighted by Gasteiger charge is -2.19. The number of nitrogens with one attached hydrogen (secondary N) is 2. The van der Waals surface area contributed by atoms with Gasteiger partial charge in [0.15, 0.2) is 0 Å². The van der Waals surface area contributed by atoms with E-state index in [9.17, 15) is 13.2 Å². The SMILES string of the molecule is CC(C)C[C@H](NS(=O)(=O)c1ccc(Br)cc1)C(=O)NCC#N. The largest absolute Gasteiger partial charge is 0.342 e. The summed E-state index contributed by atoms with van der Waals surface area (Å²) in [6.07, 6.45) is 0.340. The molecule has 120 valence electrons. The molecule has 2 N–H and O–H groups in total. The van der Waals surface area contributed by atoms with E-state index in [-0.39, 0.29) is 17.4 Å². The Kier molecular flexibility index (Phi) is 7.00. The van der Waals surface area contributed by atoms with Crippen LogP contribution in [0.3, 0.4) is 0 Å². The first-order valence-corrected chi connectivity index (χ1v) is 8.96. The van der Waals surface area contributed by atoms with Crippen molar-refractivity contribution >= 4 is 31.9 Å². The van der Waals surface area contributed by atoms with E-state index < -0.39 is 22.0 Å². The van der Waals surface area contributed by atoms with Gasteiger partial charge >= 0.3 is 0 Å². The van der Waals surface area contributed by atoms with Crippen LogP contribution in [-0.4, -0.2) is 26.9 Å². The van der Waals surface area contributed by atoms with Crippen LogP contribution >= 0.6 is 15.9 Å². The van der Waals surface area contributed by atoms with E-state index in [2.05, 4.69) is 26.0 Å². The summed E-state index contributed by atoms with van der Waals surface area (Å²) < 4.78 is 27.9. The van der Waals surface area contributed by atoms with Crippen LogP contribution < -0.4 is 10.0 Å². The molecule has 0 saturated carbocycles. The highest BCUT2D eigenvalue weighted by Gasteiger charge is 2.26. The minimum Gasteiger partial charge on any atom is -0.342 e. The van der Waals surface area contributed by atoms with Crippen molar-refractivity contribution in [1.82, 2.24) is 10.0 Å². The number of rotatable bonds is 7. The summed E-state index contributed by atoms with van der Waals surface area (Å²) in [7, 11) is -3.81. The molecular weight excluding hydrogens is 370 g/mol. The van der Waals surface area contributed by atoms with Gasteiger partial charge in [-0.2, -0.15) is 9.98 Å². The Hall–Kier alpha value is -1.43. The second kappa shape index (κ2) is 8.27. The van der Waals surface area contributed by atoms with E-state index in [4.69, 9.17) is 5.26 Å². The number of hydrogen-bond donors (Lipinski definition) is 2. The smallest absolute Gasteiger partial charge is 0.241 e. The van der Waals surface area contributed by atoms with Crippen molar-refractivity contribution in [3.05, 3.63) is 28.7 Å². The molecule has 0 radical (unpaired) electrons. The van der Waals surface area contributed by atoms with Crippen LogP contribution in [0.15, 0.2) is 33.6 Å². The zero-order valence-electron chi connectivity index (χ0n) is 12.3. The van der Waals surface area contributed by atoms with Gasteiger partial charge in [0, 0.05) is 4.47 Å². The number of halogens is 1. The highest BCUT2D eigenvalue weighted by Crippen LogP contribution is 2.16. The molecule has 0 fully saturated rings. The van der Waals surface area contributed by atoms with E-state index in [1.807, 2.05) is 13.8 Å². The van der Waals surface area contributed by atoms with Crippen molar-refractivity contribution in [2.75, 3.05) is 6.54 Å². The topological polar surface area (TPSA) is 99.1 Å². The first-order chi connectivity index (χ1) is 10.3. The first-order valence-electron chi connectivity index (χ1n) is 6.69. The van der Waals surface area contributed by atoms with E-state index in [0.717, 1.165) is 4.47 Å². The summed E-state index contributed by atoms with van der Waals surface area (Å²) in [5.74, 6) is -0.388. The lowest BCUT2D eigenvalue weighted by atomic mass is 10.0.